The normalized spacial score (nSPS) is 11.0. The van der Waals surface area contributed by atoms with Crippen molar-refractivity contribution in [3.05, 3.63) is 52.5 Å². The van der Waals surface area contributed by atoms with E-state index in [1.807, 2.05) is 43.3 Å². The number of aromatic nitrogens is 1. The van der Waals surface area contributed by atoms with Crippen LogP contribution in [-0.2, 0) is 4.79 Å². The van der Waals surface area contributed by atoms with Gasteiger partial charge in [0.1, 0.15) is 11.5 Å². The zero-order chi connectivity index (χ0) is 18.5. The van der Waals surface area contributed by atoms with Gasteiger partial charge in [-0.2, -0.15) is 0 Å². The zero-order valence-electron chi connectivity index (χ0n) is 14.3. The van der Waals surface area contributed by atoms with Crippen molar-refractivity contribution in [1.29, 1.82) is 0 Å². The topological polar surface area (TPSA) is 60.5 Å². The highest BCUT2D eigenvalue weighted by Crippen LogP contribution is 2.29. The Labute approximate surface area is 163 Å². The number of fused-ring (bicyclic) bond motifs is 1. The number of rotatable bonds is 6. The fourth-order valence-corrected chi connectivity index (χ4v) is 3.61. The second-order valence-electron chi connectivity index (χ2n) is 5.29. The van der Waals surface area contributed by atoms with Crippen molar-refractivity contribution in [2.24, 2.45) is 0 Å². The lowest BCUT2D eigenvalue weighted by Gasteiger charge is -2.07. The number of benzene rings is 2. The van der Waals surface area contributed by atoms with Gasteiger partial charge in [0, 0.05) is 16.1 Å². The van der Waals surface area contributed by atoms with Crippen LogP contribution in [0.1, 0.15) is 12.5 Å². The van der Waals surface area contributed by atoms with E-state index in [0.717, 1.165) is 31.8 Å². The van der Waals surface area contributed by atoms with E-state index in [0.29, 0.717) is 11.7 Å². The Bertz CT molecular complexity index is 969. The number of methoxy groups -OCH3 is 1. The van der Waals surface area contributed by atoms with Crippen LogP contribution in [0.2, 0.25) is 0 Å². The molecular weight excluding hydrogens is 416 g/mol. The van der Waals surface area contributed by atoms with Crippen LogP contribution in [0.3, 0.4) is 0 Å². The highest BCUT2D eigenvalue weighted by molar-refractivity contribution is 9.10. The molecule has 1 N–H and O–H groups in total. The molecule has 0 aliphatic carbocycles. The lowest BCUT2D eigenvalue weighted by Crippen LogP contribution is -2.07. The SMILES string of the molecule is CCOc1ccc(Br)cc1/C=C/C(=O)Nc1nc2ccc(OC)cc2s1. The Morgan fingerprint density at radius 2 is 2.15 bits per heavy atom. The monoisotopic (exact) mass is 432 g/mol. The van der Waals surface area contributed by atoms with Crippen LogP contribution in [0, 0.1) is 0 Å². The van der Waals surface area contributed by atoms with Crippen LogP contribution in [0.15, 0.2) is 46.9 Å². The lowest BCUT2D eigenvalue weighted by atomic mass is 10.2. The number of amides is 1. The van der Waals surface area contributed by atoms with Crippen molar-refractivity contribution in [3.8, 4) is 11.5 Å². The lowest BCUT2D eigenvalue weighted by molar-refractivity contribution is -0.111. The fourth-order valence-electron chi connectivity index (χ4n) is 2.33. The molecule has 0 aliphatic heterocycles. The second kappa shape index (κ2) is 8.33. The number of ether oxygens (including phenoxy) is 2. The number of anilines is 1. The molecule has 0 bridgehead atoms. The largest absolute Gasteiger partial charge is 0.497 e. The molecule has 1 heterocycles. The first-order valence-corrected chi connectivity index (χ1v) is 9.56. The third-order valence-corrected chi connectivity index (χ3v) is 4.94. The summed E-state index contributed by atoms with van der Waals surface area (Å²) >= 11 is 4.83. The summed E-state index contributed by atoms with van der Waals surface area (Å²) < 4.78 is 12.7. The molecule has 0 saturated carbocycles. The zero-order valence-corrected chi connectivity index (χ0v) is 16.7. The number of halogens is 1. The minimum atomic E-state index is -0.251. The molecule has 5 nitrogen and oxygen atoms in total. The predicted octanol–water partition coefficient (Wildman–Crippen LogP) is 5.12. The van der Waals surface area contributed by atoms with Crippen molar-refractivity contribution in [2.75, 3.05) is 19.0 Å². The van der Waals surface area contributed by atoms with Crippen LogP contribution in [-0.4, -0.2) is 24.6 Å². The summed E-state index contributed by atoms with van der Waals surface area (Å²) in [6, 6.07) is 11.3. The highest BCUT2D eigenvalue weighted by Gasteiger charge is 2.08. The van der Waals surface area contributed by atoms with Gasteiger partial charge < -0.3 is 9.47 Å². The van der Waals surface area contributed by atoms with Gasteiger partial charge in [0.05, 0.1) is 23.9 Å². The molecule has 0 atom stereocenters. The van der Waals surface area contributed by atoms with E-state index in [-0.39, 0.29) is 5.91 Å². The van der Waals surface area contributed by atoms with Gasteiger partial charge in [0.2, 0.25) is 5.91 Å². The maximum Gasteiger partial charge on any atom is 0.250 e. The third kappa shape index (κ3) is 4.42. The Balaban J connectivity index is 1.74. The number of carbonyl (C=O) groups is 1. The average Bonchev–Trinajstić information content (AvgIpc) is 3.03. The molecule has 0 radical (unpaired) electrons. The van der Waals surface area contributed by atoms with Gasteiger partial charge in [0.25, 0.3) is 0 Å². The molecule has 3 rings (SSSR count). The summed E-state index contributed by atoms with van der Waals surface area (Å²) in [6.07, 6.45) is 3.19. The third-order valence-electron chi connectivity index (χ3n) is 3.51. The van der Waals surface area contributed by atoms with Crippen LogP contribution in [0.4, 0.5) is 5.13 Å². The van der Waals surface area contributed by atoms with Crippen LogP contribution in [0.25, 0.3) is 16.3 Å². The van der Waals surface area contributed by atoms with E-state index in [1.54, 1.807) is 13.2 Å². The standard InChI is InChI=1S/C19H17BrN2O3S/c1-3-25-16-8-5-13(20)10-12(16)4-9-18(23)22-19-21-15-7-6-14(24-2)11-17(15)26-19/h4-11H,3H2,1-2H3,(H,21,22,23)/b9-4+. The molecule has 134 valence electrons. The van der Waals surface area contributed by atoms with Crippen molar-refractivity contribution in [3.63, 3.8) is 0 Å². The van der Waals surface area contributed by atoms with Crippen molar-refractivity contribution in [2.45, 2.75) is 6.92 Å². The molecule has 1 amide bonds. The number of thiazole rings is 1. The van der Waals surface area contributed by atoms with Gasteiger partial charge in [-0.1, -0.05) is 27.3 Å². The maximum atomic E-state index is 12.2. The molecule has 1 aromatic heterocycles. The van der Waals surface area contributed by atoms with Gasteiger partial charge in [-0.3, -0.25) is 10.1 Å². The summed E-state index contributed by atoms with van der Waals surface area (Å²) in [7, 11) is 1.62. The van der Waals surface area contributed by atoms with E-state index in [9.17, 15) is 4.79 Å². The van der Waals surface area contributed by atoms with Crippen LogP contribution in [0.5, 0.6) is 11.5 Å². The Hall–Kier alpha value is -2.38. The van der Waals surface area contributed by atoms with E-state index in [2.05, 4.69) is 26.2 Å². The van der Waals surface area contributed by atoms with Crippen LogP contribution >= 0.6 is 27.3 Å². The summed E-state index contributed by atoms with van der Waals surface area (Å²) in [5.41, 5.74) is 1.64. The molecule has 26 heavy (non-hydrogen) atoms. The van der Waals surface area contributed by atoms with Gasteiger partial charge in [-0.05, 0) is 49.4 Å². The first-order valence-electron chi connectivity index (χ1n) is 7.95. The van der Waals surface area contributed by atoms with Gasteiger partial charge in [-0.15, -0.1) is 0 Å². The first-order chi connectivity index (χ1) is 12.6. The first kappa shape index (κ1) is 18.4. The number of hydrogen-bond acceptors (Lipinski definition) is 5. The maximum absolute atomic E-state index is 12.2. The highest BCUT2D eigenvalue weighted by atomic mass is 79.9. The van der Waals surface area contributed by atoms with Gasteiger partial charge in [-0.25, -0.2) is 4.98 Å². The molecule has 0 spiro atoms. The number of carbonyl (C=O) groups excluding carboxylic acids is 1. The molecule has 3 aromatic rings. The molecule has 7 heteroatoms. The fraction of sp³-hybridized carbons (Fsp3) is 0.158. The quantitative estimate of drug-likeness (QED) is 0.549. The Kier molecular flexibility index (Phi) is 5.90. The summed E-state index contributed by atoms with van der Waals surface area (Å²) in [5.74, 6) is 1.24. The smallest absolute Gasteiger partial charge is 0.250 e. The number of nitrogens with zero attached hydrogens (tertiary/aromatic N) is 1. The Morgan fingerprint density at radius 3 is 2.92 bits per heavy atom. The summed E-state index contributed by atoms with van der Waals surface area (Å²) in [6.45, 7) is 2.48. The van der Waals surface area contributed by atoms with E-state index < -0.39 is 0 Å². The molecule has 2 aromatic carbocycles. The van der Waals surface area contributed by atoms with Gasteiger partial charge in [0.15, 0.2) is 5.13 Å². The van der Waals surface area contributed by atoms with Crippen molar-refractivity contribution in [1.82, 2.24) is 4.98 Å². The molecule has 0 unspecified atom stereocenters. The van der Waals surface area contributed by atoms with Crippen molar-refractivity contribution >= 4 is 54.6 Å². The number of nitrogens with one attached hydrogen (secondary N) is 1. The summed E-state index contributed by atoms with van der Waals surface area (Å²) in [5, 5.41) is 3.34. The molecular formula is C19H17BrN2O3S. The molecule has 0 saturated heterocycles. The van der Waals surface area contributed by atoms with Crippen LogP contribution < -0.4 is 14.8 Å². The average molecular weight is 433 g/mol. The van der Waals surface area contributed by atoms with E-state index in [4.69, 9.17) is 9.47 Å². The second-order valence-corrected chi connectivity index (χ2v) is 7.24. The predicted molar refractivity (Wildman–Crippen MR) is 109 cm³/mol. The molecule has 0 aliphatic rings. The summed E-state index contributed by atoms with van der Waals surface area (Å²) in [4.78, 5) is 16.6. The molecule has 0 fully saturated rings. The minimum Gasteiger partial charge on any atom is -0.497 e. The van der Waals surface area contributed by atoms with Crippen molar-refractivity contribution < 1.29 is 14.3 Å². The van der Waals surface area contributed by atoms with Gasteiger partial charge >= 0.3 is 0 Å². The van der Waals surface area contributed by atoms with E-state index >= 15 is 0 Å². The Morgan fingerprint density at radius 1 is 1.31 bits per heavy atom. The minimum absolute atomic E-state index is 0.251. The van der Waals surface area contributed by atoms with E-state index in [1.165, 1.54) is 17.4 Å². The number of hydrogen-bond donors (Lipinski definition) is 1.